The standard InChI is InChI=1S/C21H16N2OS/c24-21(18-11-10-15-6-4-5-9-17(15)12-18)22-13-20-23-19(14-25-20)16-7-2-1-3-8-16/h1-12,14H,13H2,(H,22,24). The molecule has 3 nitrogen and oxygen atoms in total. The third kappa shape index (κ3) is 3.44. The highest BCUT2D eigenvalue weighted by molar-refractivity contribution is 7.09. The molecule has 0 aliphatic heterocycles. The Hall–Kier alpha value is -2.98. The zero-order valence-corrected chi connectivity index (χ0v) is 14.3. The molecule has 0 fully saturated rings. The van der Waals surface area contributed by atoms with Gasteiger partial charge in [-0.2, -0.15) is 0 Å². The van der Waals surface area contributed by atoms with Crippen molar-refractivity contribution in [1.82, 2.24) is 10.3 Å². The van der Waals surface area contributed by atoms with Gasteiger partial charge in [-0.15, -0.1) is 11.3 Å². The third-order valence-electron chi connectivity index (χ3n) is 4.03. The van der Waals surface area contributed by atoms with Gasteiger partial charge in [-0.3, -0.25) is 4.79 Å². The number of nitrogens with one attached hydrogen (secondary N) is 1. The predicted octanol–water partition coefficient (Wildman–Crippen LogP) is 4.89. The second-order valence-corrected chi connectivity index (χ2v) is 6.68. The van der Waals surface area contributed by atoms with Gasteiger partial charge in [0.1, 0.15) is 5.01 Å². The van der Waals surface area contributed by atoms with E-state index in [1.807, 2.05) is 78.2 Å². The van der Waals surface area contributed by atoms with Crippen LogP contribution in [0.25, 0.3) is 22.0 Å². The van der Waals surface area contributed by atoms with Crippen LogP contribution >= 0.6 is 11.3 Å². The lowest BCUT2D eigenvalue weighted by atomic mass is 10.1. The van der Waals surface area contributed by atoms with Crippen LogP contribution in [0.2, 0.25) is 0 Å². The van der Waals surface area contributed by atoms with Crippen molar-refractivity contribution < 1.29 is 4.79 Å². The van der Waals surface area contributed by atoms with Gasteiger partial charge in [0.05, 0.1) is 12.2 Å². The average Bonchev–Trinajstić information content (AvgIpc) is 3.15. The third-order valence-corrected chi connectivity index (χ3v) is 4.88. The second-order valence-electron chi connectivity index (χ2n) is 5.74. The lowest BCUT2D eigenvalue weighted by Crippen LogP contribution is -2.22. The molecular formula is C21H16N2OS. The van der Waals surface area contributed by atoms with Crippen LogP contribution in [-0.4, -0.2) is 10.9 Å². The molecular weight excluding hydrogens is 328 g/mol. The summed E-state index contributed by atoms with van der Waals surface area (Å²) in [6, 6.07) is 23.8. The highest BCUT2D eigenvalue weighted by atomic mass is 32.1. The molecule has 4 rings (SSSR count). The number of benzene rings is 3. The molecule has 1 aromatic heterocycles. The van der Waals surface area contributed by atoms with E-state index in [-0.39, 0.29) is 5.91 Å². The molecule has 0 unspecified atom stereocenters. The predicted molar refractivity (Wildman–Crippen MR) is 103 cm³/mol. The van der Waals surface area contributed by atoms with E-state index in [0.29, 0.717) is 12.1 Å². The molecule has 25 heavy (non-hydrogen) atoms. The molecule has 0 aliphatic carbocycles. The molecule has 0 saturated carbocycles. The molecule has 0 saturated heterocycles. The molecule has 1 heterocycles. The molecule has 4 heteroatoms. The molecule has 0 aliphatic rings. The van der Waals surface area contributed by atoms with Crippen LogP contribution in [0.4, 0.5) is 0 Å². The molecule has 0 bridgehead atoms. The fourth-order valence-electron chi connectivity index (χ4n) is 2.72. The monoisotopic (exact) mass is 344 g/mol. The van der Waals surface area contributed by atoms with Gasteiger partial charge in [0.2, 0.25) is 0 Å². The van der Waals surface area contributed by atoms with Crippen molar-refractivity contribution in [3.63, 3.8) is 0 Å². The first-order valence-electron chi connectivity index (χ1n) is 8.06. The fourth-order valence-corrected chi connectivity index (χ4v) is 3.47. The number of hydrogen-bond donors (Lipinski definition) is 1. The number of carbonyl (C=O) groups is 1. The van der Waals surface area contributed by atoms with E-state index in [1.165, 1.54) is 0 Å². The Morgan fingerprint density at radius 2 is 1.68 bits per heavy atom. The van der Waals surface area contributed by atoms with Gasteiger partial charge < -0.3 is 5.32 Å². The normalized spacial score (nSPS) is 10.7. The summed E-state index contributed by atoms with van der Waals surface area (Å²) in [7, 11) is 0. The number of fused-ring (bicyclic) bond motifs is 1. The van der Waals surface area contributed by atoms with Crippen molar-refractivity contribution in [3.05, 3.63) is 88.7 Å². The number of thiazole rings is 1. The smallest absolute Gasteiger partial charge is 0.251 e. The zero-order chi connectivity index (χ0) is 17.1. The summed E-state index contributed by atoms with van der Waals surface area (Å²) in [6.07, 6.45) is 0. The summed E-state index contributed by atoms with van der Waals surface area (Å²) in [4.78, 5) is 17.0. The molecule has 1 N–H and O–H groups in total. The maximum Gasteiger partial charge on any atom is 0.251 e. The summed E-state index contributed by atoms with van der Waals surface area (Å²) in [6.45, 7) is 0.434. The molecule has 0 atom stereocenters. The minimum atomic E-state index is -0.0813. The van der Waals surface area contributed by atoms with Gasteiger partial charge in [0, 0.05) is 16.5 Å². The van der Waals surface area contributed by atoms with E-state index in [4.69, 9.17) is 0 Å². The Balaban J connectivity index is 1.45. The molecule has 122 valence electrons. The molecule has 4 aromatic rings. The van der Waals surface area contributed by atoms with Gasteiger partial charge in [0.25, 0.3) is 5.91 Å². The first kappa shape index (κ1) is 15.5. The van der Waals surface area contributed by atoms with E-state index < -0.39 is 0 Å². The SMILES string of the molecule is O=C(NCc1nc(-c2ccccc2)cs1)c1ccc2ccccc2c1. The molecule has 1 amide bonds. The fraction of sp³-hybridized carbons (Fsp3) is 0.0476. The Bertz CT molecular complexity index is 1020. The van der Waals surface area contributed by atoms with Crippen LogP contribution in [0.5, 0.6) is 0 Å². The topological polar surface area (TPSA) is 42.0 Å². The number of amides is 1. The second kappa shape index (κ2) is 6.87. The summed E-state index contributed by atoms with van der Waals surface area (Å²) in [5, 5.41) is 8.07. The van der Waals surface area contributed by atoms with Crippen LogP contribution < -0.4 is 5.32 Å². The number of carbonyl (C=O) groups excluding carboxylic acids is 1. The van der Waals surface area contributed by atoms with Gasteiger partial charge in [-0.1, -0.05) is 60.7 Å². The van der Waals surface area contributed by atoms with Crippen molar-refractivity contribution >= 4 is 28.0 Å². The van der Waals surface area contributed by atoms with E-state index in [2.05, 4.69) is 10.3 Å². The summed E-state index contributed by atoms with van der Waals surface area (Å²) < 4.78 is 0. The van der Waals surface area contributed by atoms with E-state index in [9.17, 15) is 4.79 Å². The number of aromatic nitrogens is 1. The Kier molecular flexibility index (Phi) is 4.27. The van der Waals surface area contributed by atoms with Crippen LogP contribution in [0.3, 0.4) is 0 Å². The molecule has 3 aromatic carbocycles. The van der Waals surface area contributed by atoms with Crippen molar-refractivity contribution in [3.8, 4) is 11.3 Å². The highest BCUT2D eigenvalue weighted by Crippen LogP contribution is 2.21. The maximum atomic E-state index is 12.4. The van der Waals surface area contributed by atoms with Crippen molar-refractivity contribution in [2.24, 2.45) is 0 Å². The van der Waals surface area contributed by atoms with Crippen LogP contribution in [0.1, 0.15) is 15.4 Å². The number of rotatable bonds is 4. The van der Waals surface area contributed by atoms with Gasteiger partial charge >= 0.3 is 0 Å². The lowest BCUT2D eigenvalue weighted by molar-refractivity contribution is 0.0951. The number of nitrogens with zero attached hydrogens (tertiary/aromatic N) is 1. The largest absolute Gasteiger partial charge is 0.346 e. The highest BCUT2D eigenvalue weighted by Gasteiger charge is 2.09. The van der Waals surface area contributed by atoms with Gasteiger partial charge in [0.15, 0.2) is 0 Å². The van der Waals surface area contributed by atoms with E-state index in [1.54, 1.807) is 11.3 Å². The van der Waals surface area contributed by atoms with Crippen molar-refractivity contribution in [2.75, 3.05) is 0 Å². The van der Waals surface area contributed by atoms with Gasteiger partial charge in [-0.05, 0) is 22.9 Å². The minimum Gasteiger partial charge on any atom is -0.346 e. The van der Waals surface area contributed by atoms with Crippen molar-refractivity contribution in [1.29, 1.82) is 0 Å². The lowest BCUT2D eigenvalue weighted by Gasteiger charge is -2.05. The first-order valence-corrected chi connectivity index (χ1v) is 8.94. The van der Waals surface area contributed by atoms with Crippen molar-refractivity contribution in [2.45, 2.75) is 6.54 Å². The van der Waals surface area contributed by atoms with Gasteiger partial charge in [-0.25, -0.2) is 4.98 Å². The van der Waals surface area contributed by atoms with Crippen LogP contribution in [0, 0.1) is 0 Å². The Labute approximate surface area is 150 Å². The molecule has 0 spiro atoms. The Morgan fingerprint density at radius 1 is 0.920 bits per heavy atom. The van der Waals surface area contributed by atoms with Crippen LogP contribution in [-0.2, 0) is 6.54 Å². The van der Waals surface area contributed by atoms with E-state index in [0.717, 1.165) is 27.0 Å². The first-order chi connectivity index (χ1) is 12.3. The minimum absolute atomic E-state index is 0.0813. The quantitative estimate of drug-likeness (QED) is 0.572. The van der Waals surface area contributed by atoms with Crippen LogP contribution in [0.15, 0.2) is 78.2 Å². The average molecular weight is 344 g/mol. The number of hydrogen-bond acceptors (Lipinski definition) is 3. The zero-order valence-electron chi connectivity index (χ0n) is 13.5. The maximum absolute atomic E-state index is 12.4. The Morgan fingerprint density at radius 3 is 2.52 bits per heavy atom. The summed E-state index contributed by atoms with van der Waals surface area (Å²) in [5.41, 5.74) is 2.70. The summed E-state index contributed by atoms with van der Waals surface area (Å²) in [5.74, 6) is -0.0813. The summed E-state index contributed by atoms with van der Waals surface area (Å²) >= 11 is 1.56. The molecule has 0 radical (unpaired) electrons. The van der Waals surface area contributed by atoms with E-state index >= 15 is 0 Å².